The fourth-order valence-electron chi connectivity index (χ4n) is 0.846. The van der Waals surface area contributed by atoms with Crippen LogP contribution in [0.1, 0.15) is 5.69 Å². The van der Waals surface area contributed by atoms with Crippen molar-refractivity contribution >= 4 is 18.2 Å². The van der Waals surface area contributed by atoms with E-state index in [4.69, 9.17) is 22.1 Å². The van der Waals surface area contributed by atoms with Gasteiger partial charge in [-0.2, -0.15) is 4.98 Å². The van der Waals surface area contributed by atoms with Crippen LogP contribution in [0.3, 0.4) is 0 Å². The number of ether oxygens (including phenoxy) is 1. The van der Waals surface area contributed by atoms with Gasteiger partial charge in [-0.1, -0.05) is 0 Å². The van der Waals surface area contributed by atoms with Crippen LogP contribution in [0.5, 0.6) is 5.88 Å². The highest BCUT2D eigenvalue weighted by atomic mass is 32.1. The van der Waals surface area contributed by atoms with Gasteiger partial charge in [-0.15, -0.1) is 0 Å². The number of carbonyl (C=O) groups is 1. The van der Waals surface area contributed by atoms with Crippen LogP contribution in [0.15, 0.2) is 6.07 Å². The standard InChI is InChI=1S/C7H8N2O3S/c1-12-5-2-4(3-6(10)11)8-7(13)9-5/h2H,3H2,1H3,(H,10,11)(H,8,9,13). The molecule has 1 heterocycles. The number of carboxylic acids is 1. The van der Waals surface area contributed by atoms with Crippen LogP contribution in [0.4, 0.5) is 0 Å². The molecule has 1 aromatic heterocycles. The lowest BCUT2D eigenvalue weighted by Gasteiger charge is -2.00. The second-order valence-corrected chi connectivity index (χ2v) is 2.71. The molecule has 1 aromatic rings. The molecule has 13 heavy (non-hydrogen) atoms. The Hall–Kier alpha value is -1.43. The molecule has 0 saturated heterocycles. The quantitative estimate of drug-likeness (QED) is 0.705. The van der Waals surface area contributed by atoms with Crippen LogP contribution in [-0.2, 0) is 11.2 Å². The van der Waals surface area contributed by atoms with Crippen LogP contribution < -0.4 is 4.74 Å². The number of hydrogen-bond donors (Lipinski definition) is 2. The van der Waals surface area contributed by atoms with Crippen molar-refractivity contribution < 1.29 is 14.6 Å². The summed E-state index contributed by atoms with van der Waals surface area (Å²) in [7, 11) is 1.45. The van der Waals surface area contributed by atoms with Crippen LogP contribution >= 0.6 is 12.2 Å². The van der Waals surface area contributed by atoms with E-state index in [1.54, 1.807) is 0 Å². The summed E-state index contributed by atoms with van der Waals surface area (Å²) in [6.07, 6.45) is -0.123. The maximum Gasteiger partial charge on any atom is 0.309 e. The van der Waals surface area contributed by atoms with Gasteiger partial charge in [0.25, 0.3) is 0 Å². The number of aromatic nitrogens is 2. The van der Waals surface area contributed by atoms with Crippen molar-refractivity contribution in [2.75, 3.05) is 7.11 Å². The molecule has 0 bridgehead atoms. The van der Waals surface area contributed by atoms with Gasteiger partial charge in [0, 0.05) is 11.8 Å². The van der Waals surface area contributed by atoms with Crippen LogP contribution in [0.2, 0.25) is 0 Å². The molecule has 0 saturated carbocycles. The summed E-state index contributed by atoms with van der Waals surface area (Å²) in [6, 6.07) is 1.50. The minimum Gasteiger partial charge on any atom is -0.481 e. The van der Waals surface area contributed by atoms with E-state index in [2.05, 4.69) is 9.97 Å². The van der Waals surface area contributed by atoms with E-state index in [1.165, 1.54) is 13.2 Å². The first kappa shape index (κ1) is 9.66. The van der Waals surface area contributed by atoms with E-state index >= 15 is 0 Å². The molecular formula is C7H8N2O3S. The number of nitrogens with one attached hydrogen (secondary N) is 1. The Morgan fingerprint density at radius 3 is 3.08 bits per heavy atom. The number of hydrogen-bond acceptors (Lipinski definition) is 4. The highest BCUT2D eigenvalue weighted by Gasteiger charge is 2.03. The molecule has 70 valence electrons. The molecule has 0 aliphatic rings. The second-order valence-electron chi connectivity index (χ2n) is 2.32. The molecule has 0 amide bonds. The summed E-state index contributed by atoms with van der Waals surface area (Å²) in [6.45, 7) is 0. The highest BCUT2D eigenvalue weighted by molar-refractivity contribution is 7.71. The zero-order valence-corrected chi connectivity index (χ0v) is 7.72. The summed E-state index contributed by atoms with van der Waals surface area (Å²) in [5.74, 6) is -0.612. The van der Waals surface area contributed by atoms with Gasteiger partial charge in [-0.3, -0.25) is 4.79 Å². The maximum absolute atomic E-state index is 10.4. The van der Waals surface area contributed by atoms with Gasteiger partial charge < -0.3 is 14.8 Å². The summed E-state index contributed by atoms with van der Waals surface area (Å²) >= 11 is 4.77. The molecule has 2 N–H and O–H groups in total. The summed E-state index contributed by atoms with van der Waals surface area (Å²) < 4.78 is 5.04. The smallest absolute Gasteiger partial charge is 0.309 e. The monoisotopic (exact) mass is 200 g/mol. The van der Waals surface area contributed by atoms with Crippen molar-refractivity contribution in [1.29, 1.82) is 0 Å². The molecule has 0 spiro atoms. The third kappa shape index (κ3) is 2.83. The minimum atomic E-state index is -0.932. The topological polar surface area (TPSA) is 75.2 Å². The molecule has 0 fully saturated rings. The molecule has 0 aliphatic heterocycles. The zero-order valence-electron chi connectivity index (χ0n) is 6.90. The second kappa shape index (κ2) is 3.99. The van der Waals surface area contributed by atoms with E-state index < -0.39 is 5.97 Å². The Bertz CT molecular complexity index is 374. The number of carboxylic acid groups (broad SMARTS) is 1. The van der Waals surface area contributed by atoms with Gasteiger partial charge in [-0.25, -0.2) is 0 Å². The average molecular weight is 200 g/mol. The number of H-pyrrole nitrogens is 1. The van der Waals surface area contributed by atoms with Crippen molar-refractivity contribution in [2.45, 2.75) is 6.42 Å². The van der Waals surface area contributed by atoms with Crippen LogP contribution in [-0.4, -0.2) is 28.2 Å². The van der Waals surface area contributed by atoms with Crippen molar-refractivity contribution in [3.63, 3.8) is 0 Å². The fraction of sp³-hybridized carbons (Fsp3) is 0.286. The van der Waals surface area contributed by atoms with Gasteiger partial charge in [0.05, 0.1) is 13.5 Å². The molecule has 0 radical (unpaired) electrons. The van der Waals surface area contributed by atoms with Crippen LogP contribution in [0, 0.1) is 4.77 Å². The highest BCUT2D eigenvalue weighted by Crippen LogP contribution is 2.07. The van der Waals surface area contributed by atoms with Gasteiger partial charge in [0.2, 0.25) is 5.88 Å². The largest absolute Gasteiger partial charge is 0.481 e. The van der Waals surface area contributed by atoms with E-state index in [0.717, 1.165) is 0 Å². The Morgan fingerprint density at radius 1 is 1.85 bits per heavy atom. The molecule has 0 aromatic carbocycles. The van der Waals surface area contributed by atoms with Crippen molar-refractivity contribution in [1.82, 2.24) is 9.97 Å². The maximum atomic E-state index is 10.4. The van der Waals surface area contributed by atoms with Crippen molar-refractivity contribution in [3.8, 4) is 5.88 Å². The molecule has 5 nitrogen and oxygen atoms in total. The molecular weight excluding hydrogens is 192 g/mol. The lowest BCUT2D eigenvalue weighted by Crippen LogP contribution is -2.03. The predicted octanol–water partition coefficient (Wildman–Crippen LogP) is 0.775. The Morgan fingerprint density at radius 2 is 2.54 bits per heavy atom. The summed E-state index contributed by atoms with van der Waals surface area (Å²) in [4.78, 5) is 16.8. The Labute approximate surface area is 79.4 Å². The number of nitrogens with zero attached hydrogens (tertiary/aromatic N) is 1. The first-order valence-corrected chi connectivity index (χ1v) is 3.88. The molecule has 0 aliphatic carbocycles. The number of aliphatic carboxylic acids is 1. The first-order valence-electron chi connectivity index (χ1n) is 3.48. The van der Waals surface area contributed by atoms with Gasteiger partial charge in [0.15, 0.2) is 4.77 Å². The average Bonchev–Trinajstić information content (AvgIpc) is 2.01. The number of methoxy groups -OCH3 is 1. The summed E-state index contributed by atoms with van der Waals surface area (Å²) in [5.41, 5.74) is 0.476. The van der Waals surface area contributed by atoms with E-state index in [9.17, 15) is 4.79 Å². The van der Waals surface area contributed by atoms with E-state index in [1.807, 2.05) is 0 Å². The SMILES string of the molecule is COc1cc(CC(=O)O)[nH]c(=S)n1. The molecule has 0 atom stereocenters. The normalized spacial score (nSPS) is 9.62. The Balaban J connectivity index is 3.01. The number of aromatic amines is 1. The van der Waals surface area contributed by atoms with Gasteiger partial charge >= 0.3 is 5.97 Å². The van der Waals surface area contributed by atoms with Gasteiger partial charge in [0.1, 0.15) is 0 Å². The molecule has 1 rings (SSSR count). The Kier molecular flexibility index (Phi) is 2.97. The fourth-order valence-corrected chi connectivity index (χ4v) is 1.07. The van der Waals surface area contributed by atoms with Crippen LogP contribution in [0.25, 0.3) is 0 Å². The number of rotatable bonds is 3. The zero-order chi connectivity index (χ0) is 9.84. The first-order chi connectivity index (χ1) is 6.11. The minimum absolute atomic E-state index is 0.123. The van der Waals surface area contributed by atoms with E-state index in [0.29, 0.717) is 11.6 Å². The molecule has 0 unspecified atom stereocenters. The van der Waals surface area contributed by atoms with E-state index in [-0.39, 0.29) is 11.2 Å². The van der Waals surface area contributed by atoms with Gasteiger partial charge in [-0.05, 0) is 12.2 Å². The third-order valence-electron chi connectivity index (χ3n) is 1.33. The van der Waals surface area contributed by atoms with Crippen molar-refractivity contribution in [3.05, 3.63) is 16.5 Å². The lowest BCUT2D eigenvalue weighted by atomic mass is 10.3. The van der Waals surface area contributed by atoms with Crippen molar-refractivity contribution in [2.24, 2.45) is 0 Å². The summed E-state index contributed by atoms with van der Waals surface area (Å²) in [5, 5.41) is 8.51. The third-order valence-corrected chi connectivity index (χ3v) is 1.52. The predicted molar refractivity (Wildman–Crippen MR) is 47.3 cm³/mol. The molecule has 6 heteroatoms. The lowest BCUT2D eigenvalue weighted by molar-refractivity contribution is -0.136.